The van der Waals surface area contributed by atoms with Crippen LogP contribution in [0.25, 0.3) is 6.08 Å². The number of nitrogens with one attached hydrogen (secondary N) is 1. The molecule has 0 bridgehead atoms. The van der Waals surface area contributed by atoms with Crippen molar-refractivity contribution in [2.45, 2.75) is 32.7 Å². The molecule has 1 aliphatic carbocycles. The fourth-order valence-electron chi connectivity index (χ4n) is 2.62. The van der Waals surface area contributed by atoms with Gasteiger partial charge in [-0.15, -0.1) is 0 Å². The summed E-state index contributed by atoms with van der Waals surface area (Å²) in [4.78, 5) is 26.7. The Morgan fingerprint density at radius 2 is 2.10 bits per heavy atom. The van der Waals surface area contributed by atoms with E-state index in [1.165, 1.54) is 12.3 Å². The first-order chi connectivity index (χ1) is 9.97. The van der Waals surface area contributed by atoms with Gasteiger partial charge in [0.25, 0.3) is 5.91 Å². The molecule has 112 valence electrons. The topological polar surface area (TPSA) is 79.3 Å². The SMILES string of the molecule is CC1CCC(NC(=O)c2ccc(C=CC(=O)O)cn2)C1C. The van der Waals surface area contributed by atoms with Crippen LogP contribution in [0.5, 0.6) is 0 Å². The Balaban J connectivity index is 1.98. The number of aliphatic carboxylic acids is 1. The summed E-state index contributed by atoms with van der Waals surface area (Å²) in [5, 5.41) is 11.6. The predicted molar refractivity (Wildman–Crippen MR) is 79.7 cm³/mol. The van der Waals surface area contributed by atoms with Gasteiger partial charge in [-0.25, -0.2) is 4.79 Å². The Morgan fingerprint density at radius 3 is 2.62 bits per heavy atom. The van der Waals surface area contributed by atoms with Gasteiger partial charge in [-0.05, 0) is 42.4 Å². The first kappa shape index (κ1) is 15.2. The number of rotatable bonds is 4. The van der Waals surface area contributed by atoms with Crippen molar-refractivity contribution >= 4 is 18.0 Å². The zero-order valence-corrected chi connectivity index (χ0v) is 12.2. The van der Waals surface area contributed by atoms with E-state index < -0.39 is 5.97 Å². The van der Waals surface area contributed by atoms with Crippen molar-refractivity contribution in [3.8, 4) is 0 Å². The molecule has 1 fully saturated rings. The average Bonchev–Trinajstić information content (AvgIpc) is 2.77. The molecule has 2 rings (SSSR count). The zero-order valence-electron chi connectivity index (χ0n) is 12.2. The number of nitrogens with zero attached hydrogens (tertiary/aromatic N) is 1. The lowest BCUT2D eigenvalue weighted by molar-refractivity contribution is -0.131. The van der Waals surface area contributed by atoms with E-state index in [-0.39, 0.29) is 11.9 Å². The van der Waals surface area contributed by atoms with E-state index in [4.69, 9.17) is 5.11 Å². The standard InChI is InChI=1S/C16H20N2O3/c1-10-3-6-13(11(10)2)18-16(21)14-7-4-12(9-17-14)5-8-15(19)20/h4-5,7-11,13H,3,6H2,1-2H3,(H,18,21)(H,19,20). The molecule has 5 heteroatoms. The molecule has 1 saturated carbocycles. The number of carbonyl (C=O) groups is 2. The normalized spacial score (nSPS) is 25.1. The van der Waals surface area contributed by atoms with E-state index in [1.54, 1.807) is 12.1 Å². The van der Waals surface area contributed by atoms with E-state index in [2.05, 4.69) is 24.1 Å². The molecule has 0 radical (unpaired) electrons. The lowest BCUT2D eigenvalue weighted by Crippen LogP contribution is -2.37. The Hall–Kier alpha value is -2.17. The smallest absolute Gasteiger partial charge is 0.328 e. The molecule has 0 aliphatic heterocycles. The van der Waals surface area contributed by atoms with Crippen molar-refractivity contribution in [2.24, 2.45) is 11.8 Å². The number of hydrogen-bond donors (Lipinski definition) is 2. The highest BCUT2D eigenvalue weighted by atomic mass is 16.4. The summed E-state index contributed by atoms with van der Waals surface area (Å²) in [6.07, 6.45) is 6.12. The fourth-order valence-corrected chi connectivity index (χ4v) is 2.62. The van der Waals surface area contributed by atoms with Gasteiger partial charge in [0.2, 0.25) is 0 Å². The number of carbonyl (C=O) groups excluding carboxylic acids is 1. The van der Waals surface area contributed by atoms with Gasteiger partial charge in [0.05, 0.1) is 0 Å². The van der Waals surface area contributed by atoms with Gasteiger partial charge in [0, 0.05) is 18.3 Å². The van der Waals surface area contributed by atoms with E-state index in [9.17, 15) is 9.59 Å². The lowest BCUT2D eigenvalue weighted by atomic mass is 9.98. The van der Waals surface area contributed by atoms with Crippen LogP contribution >= 0.6 is 0 Å². The Morgan fingerprint density at radius 1 is 1.33 bits per heavy atom. The molecular weight excluding hydrogens is 268 g/mol. The quantitative estimate of drug-likeness (QED) is 0.833. The first-order valence-corrected chi connectivity index (χ1v) is 7.15. The molecule has 0 saturated heterocycles. The van der Waals surface area contributed by atoms with Crippen LogP contribution in [0, 0.1) is 11.8 Å². The van der Waals surface area contributed by atoms with Crippen molar-refractivity contribution in [1.29, 1.82) is 0 Å². The van der Waals surface area contributed by atoms with E-state index in [1.807, 2.05) is 0 Å². The maximum Gasteiger partial charge on any atom is 0.328 e. The molecule has 3 unspecified atom stereocenters. The van der Waals surface area contributed by atoms with Crippen LogP contribution in [0.15, 0.2) is 24.4 Å². The second kappa shape index (κ2) is 6.52. The maximum atomic E-state index is 12.1. The minimum absolute atomic E-state index is 0.172. The Kier molecular flexibility index (Phi) is 4.73. The van der Waals surface area contributed by atoms with Crippen molar-refractivity contribution in [3.63, 3.8) is 0 Å². The monoisotopic (exact) mass is 288 g/mol. The molecule has 1 heterocycles. The van der Waals surface area contributed by atoms with E-state index >= 15 is 0 Å². The van der Waals surface area contributed by atoms with E-state index in [0.29, 0.717) is 23.1 Å². The molecular formula is C16H20N2O3. The van der Waals surface area contributed by atoms with Crippen LogP contribution in [0.1, 0.15) is 42.7 Å². The van der Waals surface area contributed by atoms with Crippen LogP contribution in [-0.4, -0.2) is 28.0 Å². The Labute approximate surface area is 124 Å². The van der Waals surface area contributed by atoms with Crippen LogP contribution in [0.4, 0.5) is 0 Å². The number of carboxylic acids is 1. The summed E-state index contributed by atoms with van der Waals surface area (Å²) in [5.74, 6) is -0.0746. The number of pyridine rings is 1. The summed E-state index contributed by atoms with van der Waals surface area (Å²) in [7, 11) is 0. The third kappa shape index (κ3) is 3.90. The van der Waals surface area contributed by atoms with E-state index in [0.717, 1.165) is 18.9 Å². The minimum atomic E-state index is -1.01. The largest absolute Gasteiger partial charge is 0.478 e. The van der Waals surface area contributed by atoms with Gasteiger partial charge < -0.3 is 10.4 Å². The summed E-state index contributed by atoms with van der Waals surface area (Å²) in [5.41, 5.74) is 1.01. The fraction of sp³-hybridized carbons (Fsp3) is 0.438. The van der Waals surface area contributed by atoms with Gasteiger partial charge in [-0.2, -0.15) is 0 Å². The van der Waals surface area contributed by atoms with Crippen molar-refractivity contribution < 1.29 is 14.7 Å². The predicted octanol–water partition coefficient (Wildman–Crippen LogP) is 2.34. The second-order valence-electron chi connectivity index (χ2n) is 5.64. The summed E-state index contributed by atoms with van der Waals surface area (Å²) in [6.45, 7) is 4.37. The molecule has 1 aliphatic rings. The van der Waals surface area contributed by atoms with Gasteiger partial charge >= 0.3 is 5.97 Å². The molecule has 5 nitrogen and oxygen atoms in total. The third-order valence-electron chi connectivity index (χ3n) is 4.22. The van der Waals surface area contributed by atoms with Gasteiger partial charge in [-0.3, -0.25) is 9.78 Å². The average molecular weight is 288 g/mol. The third-order valence-corrected chi connectivity index (χ3v) is 4.22. The molecule has 1 aromatic heterocycles. The number of amides is 1. The van der Waals surface area contributed by atoms with Crippen molar-refractivity contribution in [3.05, 3.63) is 35.7 Å². The summed E-state index contributed by atoms with van der Waals surface area (Å²) < 4.78 is 0. The molecule has 2 N–H and O–H groups in total. The lowest BCUT2D eigenvalue weighted by Gasteiger charge is -2.19. The number of aromatic nitrogens is 1. The van der Waals surface area contributed by atoms with Crippen LogP contribution < -0.4 is 5.32 Å². The van der Waals surface area contributed by atoms with Gasteiger partial charge in [0.15, 0.2) is 0 Å². The first-order valence-electron chi connectivity index (χ1n) is 7.15. The second-order valence-corrected chi connectivity index (χ2v) is 5.64. The molecule has 0 spiro atoms. The van der Waals surface area contributed by atoms with Crippen LogP contribution in [0.2, 0.25) is 0 Å². The zero-order chi connectivity index (χ0) is 15.4. The highest BCUT2D eigenvalue weighted by molar-refractivity contribution is 5.92. The maximum absolute atomic E-state index is 12.1. The van der Waals surface area contributed by atoms with Crippen LogP contribution in [-0.2, 0) is 4.79 Å². The highest BCUT2D eigenvalue weighted by Crippen LogP contribution is 2.31. The number of carboxylic acid groups (broad SMARTS) is 1. The molecule has 3 atom stereocenters. The Bertz CT molecular complexity index is 551. The number of hydrogen-bond acceptors (Lipinski definition) is 3. The van der Waals surface area contributed by atoms with Gasteiger partial charge in [0.1, 0.15) is 5.69 Å². The minimum Gasteiger partial charge on any atom is -0.478 e. The highest BCUT2D eigenvalue weighted by Gasteiger charge is 2.31. The van der Waals surface area contributed by atoms with Crippen molar-refractivity contribution in [1.82, 2.24) is 10.3 Å². The molecule has 1 aromatic rings. The molecule has 21 heavy (non-hydrogen) atoms. The molecule has 1 amide bonds. The van der Waals surface area contributed by atoms with Crippen LogP contribution in [0.3, 0.4) is 0 Å². The summed E-state index contributed by atoms with van der Waals surface area (Å²) in [6, 6.07) is 3.50. The van der Waals surface area contributed by atoms with Crippen molar-refractivity contribution in [2.75, 3.05) is 0 Å². The summed E-state index contributed by atoms with van der Waals surface area (Å²) >= 11 is 0. The molecule has 0 aromatic carbocycles. The van der Waals surface area contributed by atoms with Gasteiger partial charge in [-0.1, -0.05) is 19.9 Å².